The number of alkyl halides is 3. The molecule has 9 heteroatoms. The molecular weight excluding hydrogens is 421 g/mol. The lowest BCUT2D eigenvalue weighted by Gasteiger charge is -2.38. The van der Waals surface area contributed by atoms with Crippen LogP contribution in [0.25, 0.3) is 22.4 Å². The summed E-state index contributed by atoms with van der Waals surface area (Å²) in [6.07, 6.45) is -2.68. The van der Waals surface area contributed by atoms with E-state index < -0.39 is 17.3 Å². The highest BCUT2D eigenvalue weighted by Crippen LogP contribution is 2.30. The highest BCUT2D eigenvalue weighted by molar-refractivity contribution is 5.83. The molecule has 0 saturated carbocycles. The van der Waals surface area contributed by atoms with Gasteiger partial charge in [-0.25, -0.2) is 4.98 Å². The van der Waals surface area contributed by atoms with Crippen molar-refractivity contribution in [1.82, 2.24) is 19.9 Å². The number of aromatic amines is 1. The number of ether oxygens (including phenoxy) is 1. The maximum absolute atomic E-state index is 13.0. The molecule has 170 valence electrons. The predicted octanol–water partition coefficient (Wildman–Crippen LogP) is 3.97. The number of H-pyrrole nitrogens is 1. The SMILES string of the molecule is Cc1cc(CCN2CCOC(C)(C)C2)cc2c(=O)[nH]c(-c3cc(C(F)(F)F)ccn3)nc12. The fourth-order valence-electron chi connectivity index (χ4n) is 4.08. The number of morpholine rings is 1. The highest BCUT2D eigenvalue weighted by Gasteiger charge is 2.31. The molecule has 0 unspecified atom stereocenters. The van der Waals surface area contributed by atoms with Crippen molar-refractivity contribution in [3.63, 3.8) is 0 Å². The third kappa shape index (κ3) is 4.83. The Balaban J connectivity index is 1.62. The van der Waals surface area contributed by atoms with E-state index in [0.717, 1.165) is 55.5 Å². The van der Waals surface area contributed by atoms with E-state index in [1.807, 2.05) is 19.1 Å². The molecule has 6 nitrogen and oxygen atoms in total. The third-order valence-corrected chi connectivity index (χ3v) is 5.61. The van der Waals surface area contributed by atoms with Crippen LogP contribution in [0.3, 0.4) is 0 Å². The van der Waals surface area contributed by atoms with Gasteiger partial charge in [0, 0.05) is 25.8 Å². The normalized spacial score (nSPS) is 17.1. The number of rotatable bonds is 4. The van der Waals surface area contributed by atoms with Crippen LogP contribution >= 0.6 is 0 Å². The zero-order valence-electron chi connectivity index (χ0n) is 18.2. The van der Waals surface area contributed by atoms with Gasteiger partial charge in [0.15, 0.2) is 5.82 Å². The van der Waals surface area contributed by atoms with Gasteiger partial charge in [-0.05, 0) is 56.5 Å². The standard InChI is InChI=1S/C23H25F3N4O2/c1-14-10-15(5-7-30-8-9-32-22(2,3)13-30)11-17-19(14)28-20(29-21(17)31)18-12-16(4-6-27-18)23(24,25)26/h4,6,10-12H,5,7-9,13H2,1-3H3,(H,28,29,31). The molecule has 1 aliphatic rings. The van der Waals surface area contributed by atoms with Gasteiger partial charge in [0.2, 0.25) is 0 Å². The molecule has 0 amide bonds. The quantitative estimate of drug-likeness (QED) is 0.657. The van der Waals surface area contributed by atoms with E-state index >= 15 is 0 Å². The predicted molar refractivity (Wildman–Crippen MR) is 116 cm³/mol. The van der Waals surface area contributed by atoms with Gasteiger partial charge in [-0.1, -0.05) is 6.07 Å². The molecule has 0 aliphatic carbocycles. The molecule has 4 rings (SSSR count). The van der Waals surface area contributed by atoms with Crippen LogP contribution in [0.1, 0.15) is 30.5 Å². The summed E-state index contributed by atoms with van der Waals surface area (Å²) in [5.41, 5.74) is 0.810. The van der Waals surface area contributed by atoms with Crippen LogP contribution in [-0.2, 0) is 17.3 Å². The summed E-state index contributed by atoms with van der Waals surface area (Å²) in [5.74, 6) is 0.0139. The number of nitrogens with zero attached hydrogens (tertiary/aromatic N) is 3. The van der Waals surface area contributed by atoms with E-state index in [4.69, 9.17) is 4.74 Å². The summed E-state index contributed by atoms with van der Waals surface area (Å²) < 4.78 is 44.9. The fraction of sp³-hybridized carbons (Fsp3) is 0.435. The lowest BCUT2D eigenvalue weighted by molar-refractivity contribution is -0.137. The summed E-state index contributed by atoms with van der Waals surface area (Å²) in [6.45, 7) is 9.23. The van der Waals surface area contributed by atoms with E-state index in [1.54, 1.807) is 0 Å². The Kier molecular flexibility index (Phi) is 5.81. The van der Waals surface area contributed by atoms with E-state index in [0.29, 0.717) is 17.5 Å². The van der Waals surface area contributed by atoms with Crippen molar-refractivity contribution in [2.24, 2.45) is 0 Å². The Morgan fingerprint density at radius 3 is 2.75 bits per heavy atom. The van der Waals surface area contributed by atoms with Crippen molar-refractivity contribution in [3.05, 3.63) is 57.5 Å². The van der Waals surface area contributed by atoms with Gasteiger partial charge < -0.3 is 9.72 Å². The van der Waals surface area contributed by atoms with E-state index in [9.17, 15) is 18.0 Å². The number of hydrogen-bond donors (Lipinski definition) is 1. The topological polar surface area (TPSA) is 71.1 Å². The maximum Gasteiger partial charge on any atom is 0.416 e. The zero-order chi connectivity index (χ0) is 23.1. The number of pyridine rings is 1. The number of halogens is 3. The Morgan fingerprint density at radius 2 is 2.03 bits per heavy atom. The Morgan fingerprint density at radius 1 is 1.25 bits per heavy atom. The van der Waals surface area contributed by atoms with Gasteiger partial charge in [0.05, 0.1) is 28.7 Å². The van der Waals surface area contributed by atoms with Crippen molar-refractivity contribution in [1.29, 1.82) is 0 Å². The van der Waals surface area contributed by atoms with E-state index in [2.05, 4.69) is 33.7 Å². The van der Waals surface area contributed by atoms with Crippen molar-refractivity contribution in [2.75, 3.05) is 26.2 Å². The average molecular weight is 446 g/mol. The number of aryl methyl sites for hydroxylation is 1. The van der Waals surface area contributed by atoms with Crippen molar-refractivity contribution in [2.45, 2.75) is 39.0 Å². The van der Waals surface area contributed by atoms with Crippen LogP contribution in [-0.4, -0.2) is 51.7 Å². The van der Waals surface area contributed by atoms with Crippen LogP contribution in [0.5, 0.6) is 0 Å². The van der Waals surface area contributed by atoms with Gasteiger partial charge in [-0.2, -0.15) is 13.2 Å². The monoisotopic (exact) mass is 446 g/mol. The molecule has 32 heavy (non-hydrogen) atoms. The summed E-state index contributed by atoms with van der Waals surface area (Å²) in [4.78, 5) is 26.1. The van der Waals surface area contributed by atoms with Gasteiger partial charge >= 0.3 is 6.18 Å². The van der Waals surface area contributed by atoms with Crippen molar-refractivity contribution >= 4 is 10.9 Å². The minimum absolute atomic E-state index is 0.0139. The second-order valence-corrected chi connectivity index (χ2v) is 8.79. The van der Waals surface area contributed by atoms with Crippen molar-refractivity contribution < 1.29 is 17.9 Å². The number of nitrogens with one attached hydrogen (secondary N) is 1. The fourth-order valence-corrected chi connectivity index (χ4v) is 4.08. The Hall–Kier alpha value is -2.78. The van der Waals surface area contributed by atoms with E-state index in [-0.39, 0.29) is 17.1 Å². The molecule has 1 saturated heterocycles. The van der Waals surface area contributed by atoms with Gasteiger partial charge in [0.1, 0.15) is 5.69 Å². The summed E-state index contributed by atoms with van der Waals surface area (Å²) in [5, 5.41) is 0.415. The highest BCUT2D eigenvalue weighted by atomic mass is 19.4. The lowest BCUT2D eigenvalue weighted by Crippen LogP contribution is -2.48. The summed E-state index contributed by atoms with van der Waals surface area (Å²) in [6, 6.07) is 5.56. The van der Waals surface area contributed by atoms with Gasteiger partial charge in [0.25, 0.3) is 5.56 Å². The van der Waals surface area contributed by atoms with Gasteiger partial charge in [-0.3, -0.25) is 14.7 Å². The number of benzene rings is 1. The molecule has 0 spiro atoms. The maximum atomic E-state index is 13.0. The first-order valence-electron chi connectivity index (χ1n) is 10.5. The number of fused-ring (bicyclic) bond motifs is 1. The van der Waals surface area contributed by atoms with Crippen LogP contribution in [0.4, 0.5) is 13.2 Å². The first kappa shape index (κ1) is 22.4. The molecule has 1 aromatic carbocycles. The number of aromatic nitrogens is 3. The van der Waals surface area contributed by atoms with Crippen LogP contribution < -0.4 is 5.56 Å². The molecule has 0 atom stereocenters. The largest absolute Gasteiger partial charge is 0.416 e. The first-order valence-corrected chi connectivity index (χ1v) is 10.5. The van der Waals surface area contributed by atoms with Crippen LogP contribution in [0.15, 0.2) is 35.3 Å². The van der Waals surface area contributed by atoms with Crippen molar-refractivity contribution in [3.8, 4) is 11.5 Å². The van der Waals surface area contributed by atoms with Gasteiger partial charge in [-0.15, -0.1) is 0 Å². The zero-order valence-corrected chi connectivity index (χ0v) is 18.2. The minimum atomic E-state index is -4.50. The van der Waals surface area contributed by atoms with Crippen LogP contribution in [0.2, 0.25) is 0 Å². The molecular formula is C23H25F3N4O2. The molecule has 0 bridgehead atoms. The summed E-state index contributed by atoms with van der Waals surface area (Å²) >= 11 is 0. The van der Waals surface area contributed by atoms with E-state index in [1.165, 1.54) is 0 Å². The minimum Gasteiger partial charge on any atom is -0.373 e. The van der Waals surface area contributed by atoms with Crippen LogP contribution in [0, 0.1) is 6.92 Å². The first-order chi connectivity index (χ1) is 15.0. The molecule has 1 N–H and O–H groups in total. The Labute approximate surface area is 183 Å². The molecule has 3 aromatic rings. The second-order valence-electron chi connectivity index (χ2n) is 8.79. The summed E-state index contributed by atoms with van der Waals surface area (Å²) in [7, 11) is 0. The molecule has 2 aromatic heterocycles. The molecule has 0 radical (unpaired) electrons. The lowest BCUT2D eigenvalue weighted by atomic mass is 10.0. The molecule has 3 heterocycles. The average Bonchev–Trinajstić information content (AvgIpc) is 2.71. The third-order valence-electron chi connectivity index (χ3n) is 5.61. The Bertz CT molecular complexity index is 1200. The second kappa shape index (κ2) is 8.29. The smallest absolute Gasteiger partial charge is 0.373 e. The number of hydrogen-bond acceptors (Lipinski definition) is 5. The molecule has 1 fully saturated rings. The molecule has 1 aliphatic heterocycles.